The monoisotopic (exact) mass is 249 g/mol. The van der Waals surface area contributed by atoms with Crippen LogP contribution in [0.5, 0.6) is 0 Å². The lowest BCUT2D eigenvalue weighted by atomic mass is 10.0. The lowest BCUT2D eigenvalue weighted by Gasteiger charge is -2.35. The lowest BCUT2D eigenvalue weighted by molar-refractivity contribution is -0.0766. The van der Waals surface area contributed by atoms with E-state index < -0.39 is 11.0 Å². The maximum atomic E-state index is 10.4. The molecule has 0 saturated carbocycles. The molecule has 0 atom stereocenters. The van der Waals surface area contributed by atoms with Gasteiger partial charge in [0.25, 0.3) is 11.0 Å². The van der Waals surface area contributed by atoms with E-state index in [1.165, 1.54) is 11.0 Å². The van der Waals surface area contributed by atoms with E-state index in [2.05, 4.69) is 23.0 Å². The normalized spacial score (nSPS) is 20.1. The summed E-state index contributed by atoms with van der Waals surface area (Å²) in [5.41, 5.74) is 0. The molecule has 0 N–H and O–H groups in total. The Kier molecular flexibility index (Phi) is 5.68. The first-order valence-corrected chi connectivity index (χ1v) is 6.65. The predicted octanol–water partition coefficient (Wildman–Crippen LogP) is 0.455. The molecule has 0 spiro atoms. The number of hydroxylamine groups is 2. The molecule has 1 radical (unpaired) electrons. The summed E-state index contributed by atoms with van der Waals surface area (Å²) in [6, 6.07) is 0.210. The second-order valence-electron chi connectivity index (χ2n) is 4.57. The van der Waals surface area contributed by atoms with Gasteiger partial charge in [-0.15, -0.1) is 0 Å². The van der Waals surface area contributed by atoms with Gasteiger partial charge in [0.15, 0.2) is 0 Å². The van der Waals surface area contributed by atoms with Crippen LogP contribution in [-0.2, 0) is 15.3 Å². The van der Waals surface area contributed by atoms with E-state index in [0.29, 0.717) is 0 Å². The van der Waals surface area contributed by atoms with Crippen molar-refractivity contribution in [2.75, 3.05) is 26.7 Å². The third-order valence-corrected chi connectivity index (χ3v) is 3.20. The molecule has 1 aliphatic rings. The molecule has 1 fully saturated rings. The molecule has 16 heavy (non-hydrogen) atoms. The van der Waals surface area contributed by atoms with Crippen molar-refractivity contribution in [3.63, 3.8) is 0 Å². The first-order valence-electron chi connectivity index (χ1n) is 5.55. The third kappa shape index (κ3) is 4.78. The number of likely N-dealkylation sites (tertiary alicyclic amines) is 1. The molecule has 6 heteroatoms. The van der Waals surface area contributed by atoms with E-state index in [-0.39, 0.29) is 6.04 Å². The summed E-state index contributed by atoms with van der Waals surface area (Å²) in [4.78, 5) is 2.39. The fourth-order valence-electron chi connectivity index (χ4n) is 2.06. The highest BCUT2D eigenvalue weighted by Gasteiger charge is 2.23. The maximum absolute atomic E-state index is 10.4. The molecular formula is C10H21N2O3S. The van der Waals surface area contributed by atoms with Crippen molar-refractivity contribution in [1.82, 2.24) is 9.96 Å². The van der Waals surface area contributed by atoms with Crippen LogP contribution < -0.4 is 0 Å². The molecule has 1 saturated heterocycles. The number of piperidine rings is 1. The Hall–Kier alpha value is -0.170. The first-order chi connectivity index (χ1) is 7.49. The van der Waals surface area contributed by atoms with Gasteiger partial charge in [0.1, 0.15) is 0 Å². The predicted molar refractivity (Wildman–Crippen MR) is 63.2 cm³/mol. The van der Waals surface area contributed by atoms with Crippen LogP contribution in [0.1, 0.15) is 26.7 Å². The molecular weight excluding hydrogens is 228 g/mol. The minimum atomic E-state index is -2.78. The molecule has 0 aromatic heterocycles. The zero-order valence-corrected chi connectivity index (χ0v) is 11.1. The zero-order chi connectivity index (χ0) is 12.1. The molecule has 95 valence electrons. The average Bonchev–Trinajstić information content (AvgIpc) is 2.16. The summed E-state index contributed by atoms with van der Waals surface area (Å²) in [6.07, 6.45) is 1.90. The van der Waals surface area contributed by atoms with Crippen LogP contribution in [0.4, 0.5) is 0 Å². The molecule has 0 aliphatic carbocycles. The van der Waals surface area contributed by atoms with E-state index in [0.717, 1.165) is 32.5 Å². The summed E-state index contributed by atoms with van der Waals surface area (Å²) in [5, 5.41) is 1.46. The van der Waals surface area contributed by atoms with E-state index in [1.807, 2.05) is 0 Å². The lowest BCUT2D eigenvalue weighted by Crippen LogP contribution is -2.43. The Balaban J connectivity index is 2.31. The van der Waals surface area contributed by atoms with Crippen LogP contribution in [0.2, 0.25) is 0 Å². The van der Waals surface area contributed by atoms with Crippen LogP contribution in [0.3, 0.4) is 0 Å². The summed E-state index contributed by atoms with van der Waals surface area (Å²) in [6.45, 7) is 7.29. The highest BCUT2D eigenvalue weighted by molar-refractivity contribution is 7.67. The summed E-state index contributed by atoms with van der Waals surface area (Å²) >= 11 is 0. The zero-order valence-electron chi connectivity index (χ0n) is 10.2. The Labute approximate surface area is 99.5 Å². The van der Waals surface area contributed by atoms with Gasteiger partial charge in [0.05, 0.1) is 0 Å². The second kappa shape index (κ2) is 6.54. The van der Waals surface area contributed by atoms with Gasteiger partial charge in [-0.2, -0.15) is 9.35 Å². The van der Waals surface area contributed by atoms with Gasteiger partial charge in [-0.25, -0.2) is 8.42 Å². The molecule has 1 aliphatic heterocycles. The molecule has 1 heterocycles. The topological polar surface area (TPSA) is 49.9 Å². The number of rotatable bonds is 5. The number of hydrogen-bond acceptors (Lipinski definition) is 5. The number of thiol groups is 1. The smallest absolute Gasteiger partial charge is 0.273 e. The fraction of sp³-hybridized carbons (Fsp3) is 0.900. The Morgan fingerprint density at radius 2 is 1.94 bits per heavy atom. The van der Waals surface area contributed by atoms with Crippen molar-refractivity contribution >= 4 is 11.0 Å². The van der Waals surface area contributed by atoms with Crippen LogP contribution in [0, 0.1) is 5.92 Å². The van der Waals surface area contributed by atoms with Gasteiger partial charge >= 0.3 is 0 Å². The van der Waals surface area contributed by atoms with Gasteiger partial charge < -0.3 is 4.90 Å². The largest absolute Gasteiger partial charge is 0.303 e. The Morgan fingerprint density at radius 1 is 1.38 bits per heavy atom. The quantitative estimate of drug-likeness (QED) is 0.566. The van der Waals surface area contributed by atoms with Crippen molar-refractivity contribution < 1.29 is 12.7 Å². The van der Waals surface area contributed by atoms with Crippen molar-refractivity contribution in [2.24, 2.45) is 0 Å². The highest BCUT2D eigenvalue weighted by Crippen LogP contribution is 2.16. The van der Waals surface area contributed by atoms with Gasteiger partial charge in [0, 0.05) is 19.6 Å². The summed E-state index contributed by atoms with van der Waals surface area (Å²) < 4.78 is 25.5. The molecule has 0 aromatic carbocycles. The number of nitrogens with zero attached hydrogens (tertiary/aromatic N) is 2. The molecule has 0 bridgehead atoms. The summed E-state index contributed by atoms with van der Waals surface area (Å²) in [7, 11) is -1.10. The van der Waals surface area contributed by atoms with Crippen molar-refractivity contribution in [2.45, 2.75) is 32.7 Å². The van der Waals surface area contributed by atoms with E-state index in [9.17, 15) is 8.42 Å². The average molecular weight is 249 g/mol. The van der Waals surface area contributed by atoms with Gasteiger partial charge in [-0.3, -0.25) is 0 Å². The van der Waals surface area contributed by atoms with E-state index in [4.69, 9.17) is 0 Å². The minimum Gasteiger partial charge on any atom is -0.303 e. The first kappa shape index (κ1) is 13.9. The second-order valence-corrected chi connectivity index (χ2v) is 5.18. The SMILES string of the molecule is C[C](C)CN1CCC(N(C)O[SH](=O)=O)CC1. The van der Waals surface area contributed by atoms with Crippen molar-refractivity contribution in [3.8, 4) is 0 Å². The number of hydrogen-bond donors (Lipinski definition) is 1. The Bertz CT molecular complexity index is 265. The van der Waals surface area contributed by atoms with Crippen LogP contribution in [0.15, 0.2) is 0 Å². The van der Waals surface area contributed by atoms with Crippen LogP contribution >= 0.6 is 0 Å². The van der Waals surface area contributed by atoms with Crippen LogP contribution in [-0.4, -0.2) is 51.1 Å². The van der Waals surface area contributed by atoms with Gasteiger partial charge in [-0.05, 0) is 31.8 Å². The minimum absolute atomic E-state index is 0.210. The molecule has 0 amide bonds. The Morgan fingerprint density at radius 3 is 2.38 bits per heavy atom. The summed E-state index contributed by atoms with van der Waals surface area (Å²) in [5.74, 6) is 1.41. The van der Waals surface area contributed by atoms with E-state index in [1.54, 1.807) is 7.05 Å². The van der Waals surface area contributed by atoms with E-state index >= 15 is 0 Å². The maximum Gasteiger partial charge on any atom is 0.273 e. The van der Waals surface area contributed by atoms with Crippen molar-refractivity contribution in [3.05, 3.63) is 5.92 Å². The van der Waals surface area contributed by atoms with Gasteiger partial charge in [0.2, 0.25) is 0 Å². The highest BCUT2D eigenvalue weighted by atomic mass is 32.2. The molecule has 0 aromatic rings. The fourth-order valence-corrected chi connectivity index (χ4v) is 2.40. The van der Waals surface area contributed by atoms with Crippen molar-refractivity contribution in [1.29, 1.82) is 0 Å². The van der Waals surface area contributed by atoms with Crippen LogP contribution in [0.25, 0.3) is 0 Å². The third-order valence-electron chi connectivity index (χ3n) is 2.81. The standard InChI is InChI=1S/C10H21N2O3S/c1-9(2)8-12-6-4-10(5-7-12)11(3)15-16(13)14/h10,16H,4-8H2,1-3H3. The molecule has 1 rings (SSSR count). The molecule has 5 nitrogen and oxygen atoms in total. The molecule has 0 unspecified atom stereocenters. The van der Waals surface area contributed by atoms with Gasteiger partial charge in [-0.1, -0.05) is 13.8 Å².